The molecular formula is C81H110N20O7. The number of rotatable bonds is 20. The Bertz CT molecular complexity index is 4650. The summed E-state index contributed by atoms with van der Waals surface area (Å²) < 4.78 is 15.3. The van der Waals surface area contributed by atoms with Gasteiger partial charge in [0.2, 0.25) is 29.7 Å². The lowest BCUT2D eigenvalue weighted by Crippen LogP contribution is -2.19. The van der Waals surface area contributed by atoms with E-state index in [1.807, 2.05) is 47.5 Å². The molecule has 5 saturated carbocycles. The number of amides is 1. The molecule has 0 unspecified atom stereocenters. The van der Waals surface area contributed by atoms with Crippen molar-refractivity contribution in [1.29, 1.82) is 0 Å². The fourth-order valence-electron chi connectivity index (χ4n) is 16.1. The number of hydrogen-bond acceptors (Lipinski definition) is 21. The van der Waals surface area contributed by atoms with E-state index in [0.717, 1.165) is 107 Å². The van der Waals surface area contributed by atoms with Crippen molar-refractivity contribution in [2.24, 2.45) is 29.6 Å². The van der Waals surface area contributed by atoms with Crippen LogP contribution in [0.4, 0.5) is 34.5 Å². The molecule has 10 aromatic heterocycles. The molecule has 0 bridgehead atoms. The number of Topliss-reactive ketones (excluding diaryl/α,β-unsaturated/α-hetero) is 5. The number of ketones is 5. The first-order valence-corrected chi connectivity index (χ1v) is 39.4. The molecule has 0 spiro atoms. The van der Waals surface area contributed by atoms with Crippen molar-refractivity contribution in [3.05, 3.63) is 89.8 Å². The predicted octanol–water partition coefficient (Wildman–Crippen LogP) is 16.3. The Morgan fingerprint density at radius 1 is 0.370 bits per heavy atom. The number of nitrogens with two attached hydrogens (primary N) is 1. The lowest BCUT2D eigenvalue weighted by molar-refractivity contribution is 0.100. The molecule has 27 nitrogen and oxygen atoms in total. The van der Waals surface area contributed by atoms with Crippen LogP contribution in [0.3, 0.4) is 0 Å². The van der Waals surface area contributed by atoms with Crippen molar-refractivity contribution >= 4 is 120 Å². The standard InChI is InChI=1S/C17H22N4O3.C17H24N4O.2C16H22N4O.C15H20N4O/c1-11(22)13-8-15-14(9-18-13)19-16(20-17(23)24-2)21(15)10-12-6-4-3-5-7-12;1-3-18-17-20-15-10-19-14(12(2)22)9-16(15)21(17)11-13-7-5-4-6-8-13;2*1-11(21)13-8-15-14(9-18-13)19-16(17-2)20(15)10-12-6-4-3-5-7-12;1-10(20)12-7-14-13(8-17-12)18-15(16)19(14)9-11-5-3-2-4-6-11/h8-9,12H,3-7,10H2,1-2H3,(H,19,20,23);9-10,13H,3-8,11H2,1-2H3,(H,18,20);2*8-9,12H,3-7,10H2,1-2H3,(H,17,19);7-8,11H,2-6,9H2,1H3,(H2,16,18). The van der Waals surface area contributed by atoms with Gasteiger partial charge in [-0.05, 0) is 131 Å². The number of carbonyl (C=O) groups is 6. The molecule has 5 fully saturated rings. The zero-order valence-corrected chi connectivity index (χ0v) is 64.7. The van der Waals surface area contributed by atoms with Gasteiger partial charge in [-0.2, -0.15) is 0 Å². The molecule has 0 radical (unpaired) electrons. The molecule has 10 heterocycles. The normalized spacial score (nSPS) is 16.1. The van der Waals surface area contributed by atoms with Crippen molar-refractivity contribution in [2.75, 3.05) is 54.8 Å². The Morgan fingerprint density at radius 3 is 0.880 bits per heavy atom. The molecule has 5 aliphatic rings. The number of anilines is 5. The first-order chi connectivity index (χ1) is 52.3. The van der Waals surface area contributed by atoms with Gasteiger partial charge >= 0.3 is 6.09 Å². The fourth-order valence-corrected chi connectivity index (χ4v) is 16.1. The molecule has 576 valence electrons. The van der Waals surface area contributed by atoms with Crippen LogP contribution < -0.4 is 27.0 Å². The summed E-state index contributed by atoms with van der Waals surface area (Å²) in [6.45, 7) is 15.1. The third-order valence-corrected chi connectivity index (χ3v) is 22.0. The number of nitrogen functional groups attached to an aromatic ring is 1. The van der Waals surface area contributed by atoms with Gasteiger partial charge in [0.05, 0.1) is 65.7 Å². The minimum Gasteiger partial charge on any atom is -0.453 e. The summed E-state index contributed by atoms with van der Waals surface area (Å²) in [6.07, 6.45) is 40.1. The minimum atomic E-state index is -0.560. The highest BCUT2D eigenvalue weighted by Crippen LogP contribution is 2.35. The van der Waals surface area contributed by atoms with E-state index >= 15 is 0 Å². The molecule has 0 atom stereocenters. The molecule has 15 rings (SSSR count). The van der Waals surface area contributed by atoms with Gasteiger partial charge in [0, 0.05) is 88.0 Å². The number of nitrogens with one attached hydrogen (secondary N) is 4. The molecule has 27 heteroatoms. The van der Waals surface area contributed by atoms with Crippen LogP contribution in [0, 0.1) is 29.6 Å². The van der Waals surface area contributed by atoms with Gasteiger partial charge in [0.25, 0.3) is 0 Å². The Balaban J connectivity index is 0.000000134. The van der Waals surface area contributed by atoms with Gasteiger partial charge in [-0.25, -0.2) is 29.7 Å². The molecule has 0 saturated heterocycles. The maximum atomic E-state index is 11.6. The summed E-state index contributed by atoms with van der Waals surface area (Å²) in [6, 6.07) is 9.18. The van der Waals surface area contributed by atoms with Gasteiger partial charge in [-0.1, -0.05) is 96.3 Å². The van der Waals surface area contributed by atoms with E-state index in [1.54, 1.807) is 57.8 Å². The van der Waals surface area contributed by atoms with E-state index in [0.29, 0.717) is 75.5 Å². The average molecular weight is 1480 g/mol. The first kappa shape index (κ1) is 79.0. The van der Waals surface area contributed by atoms with Crippen LogP contribution in [0.1, 0.15) is 255 Å². The molecule has 0 aromatic carbocycles. The summed E-state index contributed by atoms with van der Waals surface area (Å²) in [5.41, 5.74) is 17.2. The van der Waals surface area contributed by atoms with Crippen molar-refractivity contribution in [3.63, 3.8) is 0 Å². The molecule has 1 amide bonds. The second kappa shape index (κ2) is 37.6. The quantitative estimate of drug-likeness (QED) is 0.0443. The van der Waals surface area contributed by atoms with Crippen molar-refractivity contribution in [3.8, 4) is 0 Å². The van der Waals surface area contributed by atoms with Crippen LogP contribution in [0.5, 0.6) is 0 Å². The average Bonchev–Trinajstić information content (AvgIpc) is 1.67. The number of hydrogen-bond donors (Lipinski definition) is 5. The number of nitrogens with zero attached hydrogens (tertiary/aromatic N) is 15. The van der Waals surface area contributed by atoms with Crippen LogP contribution in [0.2, 0.25) is 0 Å². The van der Waals surface area contributed by atoms with E-state index in [2.05, 4.69) is 96.5 Å². The van der Waals surface area contributed by atoms with Gasteiger partial charge in [-0.3, -0.25) is 54.2 Å². The Kier molecular flexibility index (Phi) is 27.5. The van der Waals surface area contributed by atoms with Crippen LogP contribution in [-0.4, -0.2) is 135 Å². The van der Waals surface area contributed by atoms with Crippen molar-refractivity contribution < 1.29 is 33.5 Å². The van der Waals surface area contributed by atoms with Gasteiger partial charge in [0.1, 0.15) is 56.1 Å². The van der Waals surface area contributed by atoms with Crippen molar-refractivity contribution in [2.45, 2.75) is 235 Å². The number of fused-ring (bicyclic) bond motifs is 5. The zero-order valence-electron chi connectivity index (χ0n) is 64.7. The Labute approximate surface area is 632 Å². The van der Waals surface area contributed by atoms with Gasteiger partial charge < -0.3 is 49.3 Å². The zero-order chi connectivity index (χ0) is 76.4. The third kappa shape index (κ3) is 20.0. The first-order valence-electron chi connectivity index (χ1n) is 39.4. The molecule has 108 heavy (non-hydrogen) atoms. The van der Waals surface area contributed by atoms with Crippen LogP contribution in [-0.2, 0) is 37.5 Å². The molecular weight excluding hydrogens is 1370 g/mol. The largest absolute Gasteiger partial charge is 0.453 e. The number of methoxy groups -OCH3 is 1. The van der Waals surface area contributed by atoms with Crippen LogP contribution in [0.15, 0.2) is 61.3 Å². The fraction of sp³-hybridized carbons (Fsp3) is 0.556. The highest BCUT2D eigenvalue weighted by Gasteiger charge is 2.26. The topological polar surface area (TPSA) is 339 Å². The summed E-state index contributed by atoms with van der Waals surface area (Å²) >= 11 is 0. The second-order valence-corrected chi connectivity index (χ2v) is 30.0. The maximum Gasteiger partial charge on any atom is 0.413 e. The smallest absolute Gasteiger partial charge is 0.413 e. The van der Waals surface area contributed by atoms with Crippen molar-refractivity contribution in [1.82, 2.24) is 72.7 Å². The molecule has 10 aromatic rings. The number of ether oxygens (including phenoxy) is 1. The van der Waals surface area contributed by atoms with E-state index in [-0.39, 0.29) is 28.9 Å². The summed E-state index contributed by atoms with van der Waals surface area (Å²) in [5, 5.41) is 12.3. The second-order valence-electron chi connectivity index (χ2n) is 30.0. The van der Waals surface area contributed by atoms with E-state index in [1.165, 1.54) is 181 Å². The van der Waals surface area contributed by atoms with E-state index < -0.39 is 6.09 Å². The minimum absolute atomic E-state index is 0.00248. The summed E-state index contributed by atoms with van der Waals surface area (Å²) in [5.74, 6) is 6.76. The summed E-state index contributed by atoms with van der Waals surface area (Å²) in [7, 11) is 5.09. The van der Waals surface area contributed by atoms with E-state index in [4.69, 9.17) is 5.73 Å². The molecule has 6 N–H and O–H groups in total. The van der Waals surface area contributed by atoms with Crippen LogP contribution >= 0.6 is 0 Å². The molecule has 0 aliphatic heterocycles. The number of pyridine rings is 5. The monoisotopic (exact) mass is 1470 g/mol. The third-order valence-electron chi connectivity index (χ3n) is 22.0. The van der Waals surface area contributed by atoms with E-state index in [9.17, 15) is 28.8 Å². The van der Waals surface area contributed by atoms with Gasteiger partial charge in [-0.15, -0.1) is 0 Å². The SMILES string of the molecule is CC(=O)c1cc2c(cn1)nc(N)n2CC1CCCCC1.CCNc1nc2cnc(C(C)=O)cc2n1CC1CCCCC1.CNc1nc2cnc(C(C)=O)cc2n1CC1CCCCC1.CNc1nc2cnc(C(C)=O)cc2n1CC1CCCCC1.COC(=O)Nc1nc2cnc(C(C)=O)cc2n1CC1CCCCC1. The number of carbonyl (C=O) groups excluding carboxylic acids is 6. The highest BCUT2D eigenvalue weighted by atomic mass is 16.5. The predicted molar refractivity (Wildman–Crippen MR) is 424 cm³/mol. The highest BCUT2D eigenvalue weighted by molar-refractivity contribution is 5.99. The number of aromatic nitrogens is 15. The molecule has 5 aliphatic carbocycles. The Morgan fingerprint density at radius 2 is 0.611 bits per heavy atom. The summed E-state index contributed by atoms with van der Waals surface area (Å²) in [4.78, 5) is 113. The van der Waals surface area contributed by atoms with Crippen LogP contribution in [0.25, 0.3) is 55.2 Å². The Hall–Kier alpha value is -10.1. The maximum absolute atomic E-state index is 11.6. The lowest BCUT2D eigenvalue weighted by atomic mass is 9.89. The lowest BCUT2D eigenvalue weighted by Gasteiger charge is -2.23. The van der Waals surface area contributed by atoms with Gasteiger partial charge in [0.15, 0.2) is 28.9 Å². The number of imidazole rings is 5.